The summed E-state index contributed by atoms with van der Waals surface area (Å²) in [5, 5.41) is 18.0. The van der Waals surface area contributed by atoms with Crippen LogP contribution in [0.15, 0.2) is 158 Å². The van der Waals surface area contributed by atoms with Crippen LogP contribution in [0.2, 0.25) is 0 Å². The molecule has 4 aromatic heterocycles. The van der Waals surface area contributed by atoms with Gasteiger partial charge in [0, 0.05) is 58.7 Å². The number of hydrogen-bond donors (Lipinski definition) is 2. The number of fused-ring (bicyclic) bond motifs is 2. The molecule has 8 aromatic rings. The first-order valence-electron chi connectivity index (χ1n) is 19.1. The van der Waals surface area contributed by atoms with Gasteiger partial charge in [0.05, 0.1) is 0 Å². The first-order valence-corrected chi connectivity index (χ1v) is 19.1. The molecular formula is C48H42N10O2Pt2. The number of aromatic nitrogens is 6. The van der Waals surface area contributed by atoms with Crippen molar-refractivity contribution in [3.05, 3.63) is 206 Å². The summed E-state index contributed by atoms with van der Waals surface area (Å²) in [6, 6.07) is 49.8. The van der Waals surface area contributed by atoms with E-state index in [-0.39, 0.29) is 53.9 Å². The molecule has 0 atom stereocenters. The van der Waals surface area contributed by atoms with Crippen molar-refractivity contribution in [3.8, 4) is 11.8 Å². The Morgan fingerprint density at radius 1 is 0.419 bits per heavy atom. The predicted molar refractivity (Wildman–Crippen MR) is 235 cm³/mol. The Hall–Kier alpha value is -6.48. The summed E-state index contributed by atoms with van der Waals surface area (Å²) in [4.78, 5) is 33.6. The molecule has 2 aliphatic rings. The summed E-state index contributed by atoms with van der Waals surface area (Å²) in [5.74, 6) is 3.53. The molecule has 0 bridgehead atoms. The maximum atomic E-state index is 8.99. The van der Waals surface area contributed by atoms with E-state index in [1.54, 1.807) is 24.8 Å². The van der Waals surface area contributed by atoms with E-state index in [2.05, 4.69) is 42.0 Å². The number of hydrogen-bond acceptors (Lipinski definition) is 12. The summed E-state index contributed by atoms with van der Waals surface area (Å²) in [5.41, 5.74) is 7.32. The quantitative estimate of drug-likeness (QED) is 0.163. The molecule has 0 saturated heterocycles. The van der Waals surface area contributed by atoms with Gasteiger partial charge < -0.3 is 29.8 Å². The number of anilines is 8. The standard InChI is InChI=1S/2C17H12N4.2C7H9NO.2Pt/c2*1-3-7-14(8-4-1)20-13-21(15-9-5-2-6-10-15)17-16(20)18-11-12-19-17;2*1-5-3-4-6(2)8-7(5)9;;/h2*1-9,11-13H;2*3-4H,1-2H3,(H,8,9);;/q2*-2;;;2*+2. The van der Waals surface area contributed by atoms with Crippen molar-refractivity contribution in [2.45, 2.75) is 27.7 Å². The van der Waals surface area contributed by atoms with Crippen LogP contribution in [0.4, 0.5) is 46.0 Å². The molecule has 2 aliphatic heterocycles. The van der Waals surface area contributed by atoms with Gasteiger partial charge in [0.1, 0.15) is 23.3 Å². The average molecular weight is 1180 g/mol. The molecule has 0 spiro atoms. The van der Waals surface area contributed by atoms with Gasteiger partial charge >= 0.3 is 42.1 Å². The van der Waals surface area contributed by atoms with Crippen molar-refractivity contribution in [2.75, 3.05) is 19.6 Å². The number of benzene rings is 4. The van der Waals surface area contributed by atoms with Gasteiger partial charge in [-0.15, -0.1) is 24.7 Å². The van der Waals surface area contributed by atoms with Crippen LogP contribution in [0.25, 0.3) is 0 Å². The molecule has 0 saturated carbocycles. The van der Waals surface area contributed by atoms with Crippen LogP contribution >= 0.6 is 0 Å². The molecule has 62 heavy (non-hydrogen) atoms. The molecule has 0 aliphatic carbocycles. The summed E-state index contributed by atoms with van der Waals surface area (Å²) in [7, 11) is 0. The molecule has 316 valence electrons. The second-order valence-electron chi connectivity index (χ2n) is 13.5. The Morgan fingerprint density at radius 3 is 1.06 bits per heavy atom. The van der Waals surface area contributed by atoms with Crippen LogP contribution in [0, 0.1) is 53.2 Å². The Balaban J connectivity index is 0.000000166. The van der Waals surface area contributed by atoms with Crippen molar-refractivity contribution < 1.29 is 52.3 Å². The average Bonchev–Trinajstić information content (AvgIpc) is 3.88. The van der Waals surface area contributed by atoms with Crippen LogP contribution in [0.1, 0.15) is 22.5 Å². The fraction of sp³-hybridized carbons (Fsp3) is 0.0833. The molecule has 12 nitrogen and oxygen atoms in total. The Bertz CT molecular complexity index is 2300. The van der Waals surface area contributed by atoms with Gasteiger partial charge in [-0.25, -0.2) is 29.9 Å². The molecule has 10 rings (SSSR count). The maximum absolute atomic E-state index is 8.99. The minimum Gasteiger partial charge on any atom is -0.493 e. The zero-order valence-corrected chi connectivity index (χ0v) is 38.7. The monoisotopic (exact) mass is 1180 g/mol. The van der Waals surface area contributed by atoms with Gasteiger partial charge in [0.15, 0.2) is 0 Å². The van der Waals surface area contributed by atoms with Crippen molar-refractivity contribution in [2.24, 2.45) is 0 Å². The van der Waals surface area contributed by atoms with E-state index in [4.69, 9.17) is 10.2 Å². The minimum atomic E-state index is 0. The van der Waals surface area contributed by atoms with Crippen LogP contribution in [0.3, 0.4) is 0 Å². The van der Waals surface area contributed by atoms with Crippen molar-refractivity contribution in [3.63, 3.8) is 0 Å². The van der Waals surface area contributed by atoms with Gasteiger partial charge in [-0.05, 0) is 64.1 Å². The molecule has 0 amide bonds. The predicted octanol–water partition coefficient (Wildman–Crippen LogP) is 10.2. The SMILES string of the molecule is Cc1ccc(C)c(O)n1.Cc1ccc(C)c(O)n1.[Pt+2].[Pt+2].[c-]1ccccc1N1[CH-]N(c2ccccc2)c2nccnc21.[c-]1ccccc1N1[CH-]N(c2ccccc2)c2nccnc21. The fourth-order valence-corrected chi connectivity index (χ4v) is 5.98. The van der Waals surface area contributed by atoms with Crippen LogP contribution < -0.4 is 19.6 Å². The maximum Gasteiger partial charge on any atom is 2.00 e. The summed E-state index contributed by atoms with van der Waals surface area (Å²) in [6.07, 6.45) is 6.83. The fourth-order valence-electron chi connectivity index (χ4n) is 5.98. The molecule has 0 unspecified atom stereocenters. The van der Waals surface area contributed by atoms with Gasteiger partial charge in [-0.1, -0.05) is 48.5 Å². The van der Waals surface area contributed by atoms with E-state index in [0.29, 0.717) is 0 Å². The van der Waals surface area contributed by atoms with Crippen LogP contribution in [0.5, 0.6) is 11.8 Å². The van der Waals surface area contributed by atoms with Crippen LogP contribution in [-0.4, -0.2) is 40.1 Å². The molecule has 0 radical (unpaired) electrons. The molecular weight excluding hydrogens is 1140 g/mol. The minimum absolute atomic E-state index is 0. The van der Waals surface area contributed by atoms with Crippen LogP contribution in [-0.2, 0) is 42.1 Å². The number of aromatic hydroxyl groups is 2. The Kier molecular flexibility index (Phi) is 16.8. The number of para-hydroxylation sites is 4. The van der Waals surface area contributed by atoms with E-state index in [0.717, 1.165) is 68.5 Å². The number of aryl methyl sites for hydroxylation is 4. The van der Waals surface area contributed by atoms with E-state index < -0.39 is 0 Å². The molecule has 6 heterocycles. The zero-order valence-electron chi connectivity index (χ0n) is 34.2. The van der Waals surface area contributed by atoms with E-state index in [9.17, 15) is 0 Å². The smallest absolute Gasteiger partial charge is 0.493 e. The third-order valence-corrected chi connectivity index (χ3v) is 9.09. The van der Waals surface area contributed by atoms with E-state index >= 15 is 0 Å². The number of pyridine rings is 2. The van der Waals surface area contributed by atoms with Crippen molar-refractivity contribution in [1.82, 2.24) is 29.9 Å². The molecule has 4 aromatic carbocycles. The summed E-state index contributed by atoms with van der Waals surface area (Å²) in [6.45, 7) is 11.3. The number of rotatable bonds is 4. The molecule has 0 fully saturated rings. The topological polar surface area (TPSA) is 131 Å². The van der Waals surface area contributed by atoms with Gasteiger partial charge in [0.25, 0.3) is 0 Å². The van der Waals surface area contributed by atoms with E-state index in [1.807, 2.05) is 194 Å². The Labute approximate surface area is 391 Å². The molecule has 2 N–H and O–H groups in total. The van der Waals surface area contributed by atoms with Gasteiger partial charge in [-0.3, -0.25) is 0 Å². The first-order chi connectivity index (χ1) is 29.3. The Morgan fingerprint density at radius 2 is 0.758 bits per heavy atom. The molecule has 14 heteroatoms. The second-order valence-corrected chi connectivity index (χ2v) is 13.5. The van der Waals surface area contributed by atoms with Crippen molar-refractivity contribution in [1.29, 1.82) is 0 Å². The zero-order chi connectivity index (χ0) is 41.8. The summed E-state index contributed by atoms with van der Waals surface area (Å²) >= 11 is 0. The van der Waals surface area contributed by atoms with E-state index in [1.165, 1.54) is 0 Å². The summed E-state index contributed by atoms with van der Waals surface area (Å²) < 4.78 is 0. The number of nitrogens with zero attached hydrogens (tertiary/aromatic N) is 10. The third-order valence-electron chi connectivity index (χ3n) is 9.09. The van der Waals surface area contributed by atoms with Gasteiger partial charge in [-0.2, -0.15) is 60.7 Å². The van der Waals surface area contributed by atoms with Crippen molar-refractivity contribution >= 4 is 46.0 Å². The second kappa shape index (κ2) is 22.4. The first kappa shape index (κ1) is 46.6. The third kappa shape index (κ3) is 11.5. The van der Waals surface area contributed by atoms with Gasteiger partial charge in [0.2, 0.25) is 11.8 Å². The largest absolute Gasteiger partial charge is 2.00 e. The normalized spacial score (nSPS) is 11.8.